The molecule has 1 saturated heterocycles. The average molecular weight is 567 g/mol. The summed E-state index contributed by atoms with van der Waals surface area (Å²) in [5, 5.41) is 32.2. The molecular weight excluding hydrogens is 516 g/mol. The van der Waals surface area contributed by atoms with Gasteiger partial charge in [0.15, 0.2) is 0 Å². The molecule has 2 aliphatic rings. The van der Waals surface area contributed by atoms with E-state index in [1.165, 1.54) is 6.92 Å². The van der Waals surface area contributed by atoms with Crippen molar-refractivity contribution >= 4 is 11.9 Å². The maximum Gasteiger partial charge on any atom is 0.309 e. The van der Waals surface area contributed by atoms with Crippen LogP contribution in [0.4, 0.5) is 0 Å². The van der Waals surface area contributed by atoms with Crippen molar-refractivity contribution in [1.29, 1.82) is 0 Å². The fourth-order valence-corrected chi connectivity index (χ4v) is 5.32. The van der Waals surface area contributed by atoms with Crippen LogP contribution >= 0.6 is 0 Å². The molecule has 0 aromatic heterocycles. The summed E-state index contributed by atoms with van der Waals surface area (Å²) < 4.78 is 22.5. The van der Waals surface area contributed by atoms with Gasteiger partial charge < -0.3 is 34.3 Å². The Morgan fingerprint density at radius 3 is 2.52 bits per heavy atom. The molecule has 2 heterocycles. The Morgan fingerprint density at radius 1 is 1.25 bits per heavy atom. The lowest BCUT2D eigenvalue weighted by Gasteiger charge is -2.32. The van der Waals surface area contributed by atoms with Crippen molar-refractivity contribution in [2.45, 2.75) is 122 Å². The second-order valence-electron chi connectivity index (χ2n) is 11.7. The summed E-state index contributed by atoms with van der Waals surface area (Å²) in [5.41, 5.74) is -0.666. The minimum atomic E-state index is -1.42. The number of esters is 2. The number of aliphatic hydroxyl groups is 3. The molecule has 0 amide bonds. The van der Waals surface area contributed by atoms with E-state index in [0.29, 0.717) is 0 Å². The predicted octanol–water partition coefficient (Wildman–Crippen LogP) is 3.65. The van der Waals surface area contributed by atoms with Gasteiger partial charge in [-0.05, 0) is 44.8 Å². The molecule has 9 nitrogen and oxygen atoms in total. The first-order valence-corrected chi connectivity index (χ1v) is 14.4. The van der Waals surface area contributed by atoms with Gasteiger partial charge in [-0.3, -0.25) is 9.59 Å². The zero-order chi connectivity index (χ0) is 30.2. The number of cyclic esters (lactones) is 1. The number of rotatable bonds is 10. The summed E-state index contributed by atoms with van der Waals surface area (Å²) in [7, 11) is 1.69. The second-order valence-corrected chi connectivity index (χ2v) is 11.7. The number of hydrogen-bond acceptors (Lipinski definition) is 9. The first-order chi connectivity index (χ1) is 18.7. The van der Waals surface area contributed by atoms with E-state index in [0.717, 1.165) is 12.0 Å². The Morgan fingerprint density at radius 2 is 1.93 bits per heavy atom. The molecule has 0 bridgehead atoms. The topological polar surface area (TPSA) is 135 Å². The maximum absolute atomic E-state index is 12.6. The molecule has 228 valence electrons. The zero-order valence-electron chi connectivity index (χ0n) is 25.3. The average Bonchev–Trinajstić information content (AvgIpc) is 3.68. The molecule has 11 atom stereocenters. The van der Waals surface area contributed by atoms with Crippen LogP contribution in [-0.4, -0.2) is 82.7 Å². The van der Waals surface area contributed by atoms with E-state index in [-0.39, 0.29) is 55.3 Å². The fraction of sp³-hybridized carbons (Fsp3) is 0.742. The third kappa shape index (κ3) is 9.80. The number of epoxide rings is 1. The lowest BCUT2D eigenvalue weighted by atomic mass is 9.88. The third-order valence-corrected chi connectivity index (χ3v) is 8.09. The van der Waals surface area contributed by atoms with Crippen LogP contribution in [0.25, 0.3) is 0 Å². The van der Waals surface area contributed by atoms with Crippen molar-refractivity contribution in [3.05, 3.63) is 36.0 Å². The standard InChI is InChI=1S/C31H50O9/c1-9-24(37-8)21(5)29-30(40-29)27(35)18(2)11-10-12-19(3)28-20(4)13-14-25(38-22(6)32)31(7,36)16-15-23(33)17-26(34)39-28/h10-14,18,20-21,23-25,27-30,33,35-36H,9,15-17H2,1-8H3/b11-10+,14-13+,19-12+/t18-,20-,21+,23+,24-,25-,27-,28+,29+,30+,31+/m0/s1. The number of aliphatic hydroxyl groups excluding tert-OH is 2. The summed E-state index contributed by atoms with van der Waals surface area (Å²) in [6, 6.07) is 0. The summed E-state index contributed by atoms with van der Waals surface area (Å²) in [6.45, 7) is 12.6. The van der Waals surface area contributed by atoms with Gasteiger partial charge in [-0.15, -0.1) is 0 Å². The highest BCUT2D eigenvalue weighted by Gasteiger charge is 2.50. The molecule has 40 heavy (non-hydrogen) atoms. The van der Waals surface area contributed by atoms with E-state index < -0.39 is 42.0 Å². The molecule has 0 aliphatic carbocycles. The lowest BCUT2D eigenvalue weighted by Crippen LogP contribution is -2.42. The van der Waals surface area contributed by atoms with E-state index in [2.05, 4.69) is 13.8 Å². The first-order valence-electron chi connectivity index (χ1n) is 14.4. The van der Waals surface area contributed by atoms with Gasteiger partial charge in [0.2, 0.25) is 0 Å². The molecule has 1 fully saturated rings. The molecule has 2 rings (SSSR count). The molecule has 0 aromatic rings. The number of ether oxygens (including phenoxy) is 4. The minimum absolute atomic E-state index is 0.0387. The molecule has 9 heteroatoms. The summed E-state index contributed by atoms with van der Waals surface area (Å²) in [5.74, 6) is -1.39. The van der Waals surface area contributed by atoms with Crippen LogP contribution in [-0.2, 0) is 28.5 Å². The van der Waals surface area contributed by atoms with Crippen molar-refractivity contribution in [3.8, 4) is 0 Å². The third-order valence-electron chi connectivity index (χ3n) is 8.09. The SMILES string of the molecule is CC[C@H](OC)[C@@H](C)[C@H]1O[C@@H]1[C@@H](O)[C@@H](C)/C=C/C=C(\C)[C@H]1OC(=O)C[C@H](O)CC[C@@](C)(O)[C@@H](OC(C)=O)/C=C/[C@@H]1C. The highest BCUT2D eigenvalue weighted by molar-refractivity contribution is 5.70. The summed E-state index contributed by atoms with van der Waals surface area (Å²) in [4.78, 5) is 24.3. The molecular formula is C31H50O9. The van der Waals surface area contributed by atoms with Gasteiger partial charge in [-0.1, -0.05) is 52.0 Å². The highest BCUT2D eigenvalue weighted by Crippen LogP contribution is 2.37. The summed E-state index contributed by atoms with van der Waals surface area (Å²) >= 11 is 0. The molecule has 3 N–H and O–H groups in total. The molecule has 2 aliphatic heterocycles. The smallest absolute Gasteiger partial charge is 0.309 e. The predicted molar refractivity (Wildman–Crippen MR) is 151 cm³/mol. The van der Waals surface area contributed by atoms with Crippen LogP contribution in [0.2, 0.25) is 0 Å². The minimum Gasteiger partial charge on any atom is -0.457 e. The Balaban J connectivity index is 2.16. The van der Waals surface area contributed by atoms with E-state index in [1.807, 2.05) is 39.0 Å². The second kappa shape index (κ2) is 15.3. The molecule has 0 saturated carbocycles. The van der Waals surface area contributed by atoms with Crippen molar-refractivity contribution in [3.63, 3.8) is 0 Å². The van der Waals surface area contributed by atoms with E-state index in [9.17, 15) is 24.9 Å². The molecule has 0 aromatic carbocycles. The van der Waals surface area contributed by atoms with E-state index >= 15 is 0 Å². The van der Waals surface area contributed by atoms with Crippen molar-refractivity contribution in [2.24, 2.45) is 17.8 Å². The molecule has 0 unspecified atom stereocenters. The van der Waals surface area contributed by atoms with Crippen LogP contribution in [0.1, 0.15) is 74.1 Å². The fourth-order valence-electron chi connectivity index (χ4n) is 5.32. The van der Waals surface area contributed by atoms with Crippen molar-refractivity contribution in [2.75, 3.05) is 7.11 Å². The number of hydrogen-bond donors (Lipinski definition) is 3. The summed E-state index contributed by atoms with van der Waals surface area (Å²) in [6.07, 6.45) is 6.42. The highest BCUT2D eigenvalue weighted by atomic mass is 16.6. The van der Waals surface area contributed by atoms with Crippen LogP contribution < -0.4 is 0 Å². The quantitative estimate of drug-likeness (QED) is 0.157. The largest absolute Gasteiger partial charge is 0.457 e. The van der Waals surface area contributed by atoms with E-state index in [1.54, 1.807) is 26.2 Å². The van der Waals surface area contributed by atoms with Gasteiger partial charge in [0, 0.05) is 31.8 Å². The normalized spacial score (nSPS) is 36.0. The number of carbonyl (C=O) groups is 2. The number of methoxy groups -OCH3 is 1. The van der Waals surface area contributed by atoms with Crippen LogP contribution in [0, 0.1) is 17.8 Å². The van der Waals surface area contributed by atoms with Gasteiger partial charge in [0.05, 0.1) is 30.8 Å². The van der Waals surface area contributed by atoms with Gasteiger partial charge in [-0.2, -0.15) is 0 Å². The maximum atomic E-state index is 12.6. The Bertz CT molecular complexity index is 920. The van der Waals surface area contributed by atoms with Crippen molar-refractivity contribution in [1.82, 2.24) is 0 Å². The Labute approximate surface area is 239 Å². The van der Waals surface area contributed by atoms with Gasteiger partial charge in [0.25, 0.3) is 0 Å². The molecule has 0 radical (unpaired) electrons. The Kier molecular flexibility index (Phi) is 13.0. The van der Waals surface area contributed by atoms with Crippen LogP contribution in [0.5, 0.6) is 0 Å². The van der Waals surface area contributed by atoms with E-state index in [4.69, 9.17) is 18.9 Å². The van der Waals surface area contributed by atoms with Crippen molar-refractivity contribution < 1.29 is 43.9 Å². The number of allylic oxidation sites excluding steroid dienone is 2. The molecule has 0 spiro atoms. The first kappa shape index (κ1) is 34.2. The van der Waals surface area contributed by atoms with Crippen LogP contribution in [0.3, 0.4) is 0 Å². The van der Waals surface area contributed by atoms with Gasteiger partial charge in [0.1, 0.15) is 23.9 Å². The Hall–Kier alpha value is -2.04. The van der Waals surface area contributed by atoms with Gasteiger partial charge in [-0.25, -0.2) is 0 Å². The monoisotopic (exact) mass is 566 g/mol. The number of carbonyl (C=O) groups excluding carboxylic acids is 2. The van der Waals surface area contributed by atoms with Crippen LogP contribution in [0.15, 0.2) is 36.0 Å². The lowest BCUT2D eigenvalue weighted by molar-refractivity contribution is -0.157. The van der Waals surface area contributed by atoms with Gasteiger partial charge >= 0.3 is 11.9 Å². The zero-order valence-corrected chi connectivity index (χ0v) is 25.3.